The predicted octanol–water partition coefficient (Wildman–Crippen LogP) is 2.09. The number of para-hydroxylation sites is 1. The van der Waals surface area contributed by atoms with Crippen LogP contribution in [0.2, 0.25) is 0 Å². The molecule has 2 aromatic heterocycles. The molecular formula is C20H21N3O3. The smallest absolute Gasteiger partial charge is 0.289 e. The van der Waals surface area contributed by atoms with E-state index in [1.54, 1.807) is 21.6 Å². The standard InChI is InChI=1S/C20H21N3O3/c1-21-17-6-3-2-5-15(17)13-16(19(21)24)14-22-8-10-23(11-9-22)20(25)18-7-4-12-26-18/h2-7,12-13H,8-11,14H2,1H3. The molecule has 0 aliphatic carbocycles. The molecular weight excluding hydrogens is 330 g/mol. The zero-order valence-corrected chi connectivity index (χ0v) is 14.7. The molecule has 1 fully saturated rings. The highest BCUT2D eigenvalue weighted by atomic mass is 16.3. The lowest BCUT2D eigenvalue weighted by atomic mass is 10.1. The summed E-state index contributed by atoms with van der Waals surface area (Å²) in [7, 11) is 1.81. The zero-order valence-electron chi connectivity index (χ0n) is 14.7. The highest BCUT2D eigenvalue weighted by Crippen LogP contribution is 2.15. The number of furan rings is 1. The Bertz CT molecular complexity index is 983. The predicted molar refractivity (Wildman–Crippen MR) is 99.1 cm³/mol. The molecule has 1 amide bonds. The van der Waals surface area contributed by atoms with Crippen molar-refractivity contribution in [1.82, 2.24) is 14.4 Å². The minimum absolute atomic E-state index is 0.0396. The van der Waals surface area contributed by atoms with Crippen molar-refractivity contribution in [3.8, 4) is 0 Å². The Labute approximate surface area is 151 Å². The number of pyridine rings is 1. The van der Waals surface area contributed by atoms with E-state index in [9.17, 15) is 9.59 Å². The number of aromatic nitrogens is 1. The molecule has 1 aliphatic heterocycles. The fraction of sp³-hybridized carbons (Fsp3) is 0.300. The van der Waals surface area contributed by atoms with Crippen LogP contribution in [0.15, 0.2) is 57.9 Å². The molecule has 0 saturated carbocycles. The van der Waals surface area contributed by atoms with Gasteiger partial charge in [-0.25, -0.2) is 0 Å². The SMILES string of the molecule is Cn1c(=O)c(CN2CCN(C(=O)c3ccco3)CC2)cc2ccccc21. The van der Waals surface area contributed by atoms with Gasteiger partial charge in [0, 0.05) is 45.3 Å². The lowest BCUT2D eigenvalue weighted by Crippen LogP contribution is -2.48. The molecule has 4 rings (SSSR count). The molecule has 0 N–H and O–H groups in total. The van der Waals surface area contributed by atoms with Crippen LogP contribution in [0.4, 0.5) is 0 Å². The van der Waals surface area contributed by atoms with Gasteiger partial charge < -0.3 is 13.9 Å². The molecule has 0 spiro atoms. The molecule has 1 aromatic carbocycles. The third-order valence-corrected chi connectivity index (χ3v) is 4.99. The molecule has 3 aromatic rings. The lowest BCUT2D eigenvalue weighted by Gasteiger charge is -2.34. The van der Waals surface area contributed by atoms with Gasteiger partial charge in [-0.1, -0.05) is 18.2 Å². The van der Waals surface area contributed by atoms with Crippen LogP contribution in [0.25, 0.3) is 10.9 Å². The maximum absolute atomic E-state index is 12.6. The molecule has 134 valence electrons. The first-order valence-electron chi connectivity index (χ1n) is 8.76. The molecule has 26 heavy (non-hydrogen) atoms. The number of aryl methyl sites for hydroxylation is 1. The second-order valence-electron chi connectivity index (χ2n) is 6.64. The fourth-order valence-corrected chi connectivity index (χ4v) is 3.51. The molecule has 6 heteroatoms. The van der Waals surface area contributed by atoms with Crippen molar-refractivity contribution in [1.29, 1.82) is 0 Å². The largest absolute Gasteiger partial charge is 0.459 e. The molecule has 3 heterocycles. The summed E-state index contributed by atoms with van der Waals surface area (Å²) in [5, 5.41) is 1.07. The van der Waals surface area contributed by atoms with Crippen molar-refractivity contribution in [2.24, 2.45) is 7.05 Å². The van der Waals surface area contributed by atoms with E-state index in [2.05, 4.69) is 4.90 Å². The van der Waals surface area contributed by atoms with Crippen LogP contribution in [0.3, 0.4) is 0 Å². The Hall–Kier alpha value is -2.86. The average molecular weight is 351 g/mol. The van der Waals surface area contributed by atoms with Crippen LogP contribution in [-0.4, -0.2) is 46.5 Å². The molecule has 1 aliphatic rings. The van der Waals surface area contributed by atoms with Crippen molar-refractivity contribution in [3.63, 3.8) is 0 Å². The van der Waals surface area contributed by atoms with Crippen LogP contribution >= 0.6 is 0 Å². The van der Waals surface area contributed by atoms with E-state index in [1.807, 2.05) is 37.4 Å². The van der Waals surface area contributed by atoms with Gasteiger partial charge in [-0.3, -0.25) is 14.5 Å². The van der Waals surface area contributed by atoms with E-state index in [0.29, 0.717) is 25.4 Å². The van der Waals surface area contributed by atoms with Crippen molar-refractivity contribution in [3.05, 3.63) is 70.4 Å². The summed E-state index contributed by atoms with van der Waals surface area (Å²) in [6, 6.07) is 13.3. The maximum atomic E-state index is 12.6. The molecule has 0 atom stereocenters. The van der Waals surface area contributed by atoms with Gasteiger partial charge >= 0.3 is 0 Å². The summed E-state index contributed by atoms with van der Waals surface area (Å²) >= 11 is 0. The number of hydrogen-bond donors (Lipinski definition) is 0. The maximum Gasteiger partial charge on any atom is 0.289 e. The summed E-state index contributed by atoms with van der Waals surface area (Å²) in [6.07, 6.45) is 1.51. The molecule has 0 radical (unpaired) electrons. The van der Waals surface area contributed by atoms with E-state index in [0.717, 1.165) is 29.6 Å². The number of fused-ring (bicyclic) bond motifs is 1. The summed E-state index contributed by atoms with van der Waals surface area (Å²) in [5.41, 5.74) is 1.77. The Balaban J connectivity index is 1.46. The topological polar surface area (TPSA) is 58.7 Å². The quantitative estimate of drug-likeness (QED) is 0.725. The molecule has 0 unspecified atom stereocenters. The molecule has 0 bridgehead atoms. The third kappa shape index (κ3) is 3.04. The first kappa shape index (κ1) is 16.6. The van der Waals surface area contributed by atoms with Gasteiger partial charge in [-0.05, 0) is 29.7 Å². The highest BCUT2D eigenvalue weighted by molar-refractivity contribution is 5.91. The Morgan fingerprint density at radius 2 is 1.85 bits per heavy atom. The number of carbonyl (C=O) groups excluding carboxylic acids is 1. The van der Waals surface area contributed by atoms with Gasteiger partial charge in [0.05, 0.1) is 11.8 Å². The van der Waals surface area contributed by atoms with E-state index >= 15 is 0 Å². The van der Waals surface area contributed by atoms with Crippen molar-refractivity contribution < 1.29 is 9.21 Å². The first-order chi connectivity index (χ1) is 12.6. The van der Waals surface area contributed by atoms with Crippen molar-refractivity contribution in [2.75, 3.05) is 26.2 Å². The minimum atomic E-state index is -0.0729. The Kier molecular flexibility index (Phi) is 4.34. The second kappa shape index (κ2) is 6.80. The van der Waals surface area contributed by atoms with Gasteiger partial charge in [-0.2, -0.15) is 0 Å². The van der Waals surface area contributed by atoms with Gasteiger partial charge in [0.25, 0.3) is 11.5 Å². The van der Waals surface area contributed by atoms with Crippen molar-refractivity contribution in [2.45, 2.75) is 6.54 Å². The summed E-state index contributed by atoms with van der Waals surface area (Å²) < 4.78 is 6.90. The van der Waals surface area contributed by atoms with Crippen LogP contribution in [0, 0.1) is 0 Å². The van der Waals surface area contributed by atoms with Crippen molar-refractivity contribution >= 4 is 16.8 Å². The minimum Gasteiger partial charge on any atom is -0.459 e. The van der Waals surface area contributed by atoms with E-state index < -0.39 is 0 Å². The normalized spacial score (nSPS) is 15.5. The van der Waals surface area contributed by atoms with E-state index in [1.165, 1.54) is 6.26 Å². The molecule has 1 saturated heterocycles. The van der Waals surface area contributed by atoms with Gasteiger partial charge in [0.2, 0.25) is 0 Å². The van der Waals surface area contributed by atoms with Crippen LogP contribution in [-0.2, 0) is 13.6 Å². The monoisotopic (exact) mass is 351 g/mol. The molecule has 6 nitrogen and oxygen atoms in total. The Morgan fingerprint density at radius 3 is 2.58 bits per heavy atom. The van der Waals surface area contributed by atoms with Gasteiger partial charge in [0.15, 0.2) is 5.76 Å². The second-order valence-corrected chi connectivity index (χ2v) is 6.64. The van der Waals surface area contributed by atoms with E-state index in [-0.39, 0.29) is 11.5 Å². The summed E-state index contributed by atoms with van der Waals surface area (Å²) in [5.74, 6) is 0.304. The van der Waals surface area contributed by atoms with Crippen LogP contribution in [0.5, 0.6) is 0 Å². The number of hydrogen-bond acceptors (Lipinski definition) is 4. The number of benzene rings is 1. The summed E-state index contributed by atoms with van der Waals surface area (Å²) in [6.45, 7) is 3.34. The fourth-order valence-electron chi connectivity index (χ4n) is 3.51. The highest BCUT2D eigenvalue weighted by Gasteiger charge is 2.24. The third-order valence-electron chi connectivity index (χ3n) is 4.99. The number of amides is 1. The van der Waals surface area contributed by atoms with Gasteiger partial charge in [0.1, 0.15) is 0 Å². The lowest BCUT2D eigenvalue weighted by molar-refractivity contribution is 0.0597. The number of carbonyl (C=O) groups is 1. The van der Waals surface area contributed by atoms with Crippen LogP contribution < -0.4 is 5.56 Å². The zero-order chi connectivity index (χ0) is 18.1. The van der Waals surface area contributed by atoms with Crippen LogP contribution in [0.1, 0.15) is 16.1 Å². The summed E-state index contributed by atoms with van der Waals surface area (Å²) in [4.78, 5) is 29.0. The average Bonchev–Trinajstić information content (AvgIpc) is 3.21. The number of rotatable bonds is 3. The van der Waals surface area contributed by atoms with Gasteiger partial charge in [-0.15, -0.1) is 0 Å². The Morgan fingerprint density at radius 1 is 1.08 bits per heavy atom. The van der Waals surface area contributed by atoms with E-state index in [4.69, 9.17) is 4.42 Å². The first-order valence-corrected chi connectivity index (χ1v) is 8.76. The number of piperazine rings is 1. The number of nitrogens with zero attached hydrogens (tertiary/aromatic N) is 3.